The maximum absolute atomic E-state index is 12.7. The van der Waals surface area contributed by atoms with E-state index in [1.54, 1.807) is 0 Å². The summed E-state index contributed by atoms with van der Waals surface area (Å²) in [7, 11) is 0. The SMILES string of the molecule is Cc1cs/c(=N\C(=O)NCc2ccc(-c3ncn(-c4ccc(OC(F)(F)F)cc4)n3)cc2)n1-c1ccccc1C(C)C. The summed E-state index contributed by atoms with van der Waals surface area (Å²) < 4.78 is 44.5. The van der Waals surface area contributed by atoms with Gasteiger partial charge in [0.2, 0.25) is 0 Å². The van der Waals surface area contributed by atoms with Crippen LogP contribution in [0, 0.1) is 6.92 Å². The predicted molar refractivity (Wildman–Crippen MR) is 154 cm³/mol. The van der Waals surface area contributed by atoms with E-state index in [-0.39, 0.29) is 12.3 Å². The van der Waals surface area contributed by atoms with Crippen LogP contribution in [0.2, 0.25) is 0 Å². The van der Waals surface area contributed by atoms with E-state index in [4.69, 9.17) is 0 Å². The van der Waals surface area contributed by atoms with E-state index in [2.05, 4.69) is 45.0 Å². The maximum Gasteiger partial charge on any atom is 0.573 e. The second-order valence-electron chi connectivity index (χ2n) is 9.73. The van der Waals surface area contributed by atoms with Crippen molar-refractivity contribution < 1.29 is 22.7 Å². The number of urea groups is 1. The number of alkyl halides is 3. The van der Waals surface area contributed by atoms with Crippen LogP contribution in [-0.4, -0.2) is 31.7 Å². The van der Waals surface area contributed by atoms with Gasteiger partial charge < -0.3 is 10.1 Å². The van der Waals surface area contributed by atoms with Crippen molar-refractivity contribution in [2.45, 2.75) is 39.6 Å². The van der Waals surface area contributed by atoms with Crippen molar-refractivity contribution in [3.05, 3.63) is 106 Å². The molecule has 42 heavy (non-hydrogen) atoms. The molecule has 2 heterocycles. The van der Waals surface area contributed by atoms with E-state index < -0.39 is 12.4 Å². The van der Waals surface area contributed by atoms with Crippen molar-refractivity contribution in [1.29, 1.82) is 0 Å². The number of carbonyl (C=O) groups is 1. The topological polar surface area (TPSA) is 86.3 Å². The molecular formula is C30H27F3N6O2S. The lowest BCUT2D eigenvalue weighted by molar-refractivity contribution is -0.274. The molecule has 0 bridgehead atoms. The zero-order valence-corrected chi connectivity index (χ0v) is 23.8. The average molecular weight is 593 g/mol. The van der Waals surface area contributed by atoms with Crippen LogP contribution in [0.3, 0.4) is 0 Å². The van der Waals surface area contributed by atoms with Crippen molar-refractivity contribution in [1.82, 2.24) is 24.6 Å². The number of aromatic nitrogens is 4. The largest absolute Gasteiger partial charge is 0.573 e. The highest BCUT2D eigenvalue weighted by Gasteiger charge is 2.31. The van der Waals surface area contributed by atoms with Crippen LogP contribution in [0.15, 0.2) is 89.5 Å². The number of aryl methyl sites for hydroxylation is 1. The third kappa shape index (κ3) is 6.77. The molecule has 0 spiro atoms. The molecule has 0 aliphatic heterocycles. The highest BCUT2D eigenvalue weighted by atomic mass is 32.1. The number of carbonyl (C=O) groups excluding carboxylic acids is 1. The second kappa shape index (κ2) is 12.0. The summed E-state index contributed by atoms with van der Waals surface area (Å²) in [5, 5.41) is 9.24. The van der Waals surface area contributed by atoms with Gasteiger partial charge in [-0.3, -0.25) is 4.57 Å². The number of benzene rings is 3. The number of ether oxygens (including phenoxy) is 1. The van der Waals surface area contributed by atoms with Gasteiger partial charge in [0.1, 0.15) is 12.1 Å². The molecule has 0 unspecified atom stereocenters. The molecule has 8 nitrogen and oxygen atoms in total. The van der Waals surface area contributed by atoms with Crippen LogP contribution in [0.5, 0.6) is 5.75 Å². The molecule has 0 aliphatic carbocycles. The predicted octanol–water partition coefficient (Wildman–Crippen LogP) is 6.93. The fraction of sp³-hybridized carbons (Fsp3) is 0.200. The lowest BCUT2D eigenvalue weighted by Gasteiger charge is -2.14. The highest BCUT2D eigenvalue weighted by Crippen LogP contribution is 2.25. The van der Waals surface area contributed by atoms with Gasteiger partial charge in [0.25, 0.3) is 0 Å². The Morgan fingerprint density at radius 1 is 1.05 bits per heavy atom. The van der Waals surface area contributed by atoms with Gasteiger partial charge in [-0.05, 0) is 54.3 Å². The van der Waals surface area contributed by atoms with Crippen molar-refractivity contribution in [2.75, 3.05) is 0 Å². The van der Waals surface area contributed by atoms with Gasteiger partial charge in [0.15, 0.2) is 10.6 Å². The standard InChI is InChI=1S/C30H27F3N6O2S/c1-19(2)25-6-4-5-7-26(25)39-20(3)17-42-29(39)36-28(40)34-16-21-8-10-22(11-9-21)27-35-18-38(37-27)23-12-14-24(15-13-23)41-30(31,32)33/h4-15,17-19H,16H2,1-3H3,(H,34,40)/b36-29-. The molecule has 2 aromatic heterocycles. The Bertz CT molecular complexity index is 1750. The molecule has 5 aromatic rings. The number of halogens is 3. The smallest absolute Gasteiger partial charge is 0.406 e. The van der Waals surface area contributed by atoms with Crippen molar-refractivity contribution >= 4 is 17.4 Å². The lowest BCUT2D eigenvalue weighted by atomic mass is 10.0. The van der Waals surface area contributed by atoms with E-state index in [1.807, 2.05) is 59.3 Å². The zero-order chi connectivity index (χ0) is 29.9. The minimum absolute atomic E-state index is 0.282. The second-order valence-corrected chi connectivity index (χ2v) is 10.6. The normalized spacial score (nSPS) is 12.1. The van der Waals surface area contributed by atoms with Gasteiger partial charge in [-0.2, -0.15) is 4.99 Å². The van der Waals surface area contributed by atoms with E-state index in [0.29, 0.717) is 22.2 Å². The minimum atomic E-state index is -4.75. The summed E-state index contributed by atoms with van der Waals surface area (Å²) in [6.45, 7) is 6.55. The summed E-state index contributed by atoms with van der Waals surface area (Å²) in [6.07, 6.45) is -3.28. The first-order valence-corrected chi connectivity index (χ1v) is 13.9. The molecule has 2 amide bonds. The third-order valence-electron chi connectivity index (χ3n) is 6.36. The van der Waals surface area contributed by atoms with Crippen LogP contribution < -0.4 is 14.9 Å². The molecule has 0 radical (unpaired) electrons. The Morgan fingerprint density at radius 2 is 1.76 bits per heavy atom. The number of nitrogens with zero attached hydrogens (tertiary/aromatic N) is 5. The first-order valence-electron chi connectivity index (χ1n) is 13.0. The monoisotopic (exact) mass is 592 g/mol. The van der Waals surface area contributed by atoms with E-state index in [1.165, 1.54) is 52.2 Å². The fourth-order valence-corrected chi connectivity index (χ4v) is 5.20. The van der Waals surface area contributed by atoms with Crippen LogP contribution in [0.4, 0.5) is 18.0 Å². The first-order chi connectivity index (χ1) is 20.1. The highest BCUT2D eigenvalue weighted by molar-refractivity contribution is 7.07. The number of hydrogen-bond acceptors (Lipinski definition) is 5. The molecule has 0 atom stereocenters. The maximum atomic E-state index is 12.7. The Hall–Kier alpha value is -4.71. The van der Waals surface area contributed by atoms with E-state index in [0.717, 1.165) is 22.5 Å². The summed E-state index contributed by atoms with van der Waals surface area (Å²) in [4.78, 5) is 22.0. The molecule has 0 aliphatic rings. The molecule has 0 fully saturated rings. The van der Waals surface area contributed by atoms with E-state index in [9.17, 15) is 18.0 Å². The quantitative estimate of drug-likeness (QED) is 0.222. The molecule has 12 heteroatoms. The molecule has 0 saturated carbocycles. The fourth-order valence-electron chi connectivity index (χ4n) is 4.34. The zero-order valence-electron chi connectivity index (χ0n) is 23.0. The van der Waals surface area contributed by atoms with Crippen molar-refractivity contribution in [2.24, 2.45) is 4.99 Å². The number of para-hydroxylation sites is 1. The Labute approximate surface area is 243 Å². The summed E-state index contributed by atoms with van der Waals surface area (Å²) in [5.41, 5.74) is 5.32. The van der Waals surface area contributed by atoms with Crippen LogP contribution in [-0.2, 0) is 6.54 Å². The molecule has 1 N–H and O–H groups in total. The summed E-state index contributed by atoms with van der Waals surface area (Å²) >= 11 is 1.41. The van der Waals surface area contributed by atoms with Crippen molar-refractivity contribution in [3.8, 4) is 28.5 Å². The van der Waals surface area contributed by atoms with Gasteiger partial charge in [0.05, 0.1) is 11.4 Å². The minimum Gasteiger partial charge on any atom is -0.406 e. The molecular weight excluding hydrogens is 565 g/mol. The van der Waals surface area contributed by atoms with Gasteiger partial charge >= 0.3 is 12.4 Å². The molecule has 3 aromatic carbocycles. The Kier molecular flexibility index (Phi) is 8.25. The van der Waals surface area contributed by atoms with Gasteiger partial charge in [0, 0.05) is 23.2 Å². The van der Waals surface area contributed by atoms with Gasteiger partial charge in [-0.1, -0.05) is 56.3 Å². The summed E-state index contributed by atoms with van der Waals surface area (Å²) in [6, 6.07) is 20.4. The molecule has 216 valence electrons. The number of hydrogen-bond donors (Lipinski definition) is 1. The molecule has 5 rings (SSSR count). The number of amides is 2. The van der Waals surface area contributed by atoms with Crippen LogP contribution in [0.1, 0.15) is 36.6 Å². The number of rotatable bonds is 7. The van der Waals surface area contributed by atoms with Gasteiger partial charge in [-0.15, -0.1) is 29.6 Å². The lowest BCUT2D eigenvalue weighted by Crippen LogP contribution is -2.24. The Balaban J connectivity index is 1.24. The first kappa shape index (κ1) is 28.8. The average Bonchev–Trinajstić information content (AvgIpc) is 3.59. The van der Waals surface area contributed by atoms with Crippen LogP contribution in [0.25, 0.3) is 22.8 Å². The summed E-state index contributed by atoms with van der Waals surface area (Å²) in [5.74, 6) is 0.439. The van der Waals surface area contributed by atoms with E-state index >= 15 is 0 Å². The third-order valence-corrected chi connectivity index (χ3v) is 7.30. The molecule has 0 saturated heterocycles. The van der Waals surface area contributed by atoms with Crippen molar-refractivity contribution in [3.63, 3.8) is 0 Å². The Morgan fingerprint density at radius 3 is 2.45 bits per heavy atom. The van der Waals surface area contributed by atoms with Crippen LogP contribution >= 0.6 is 11.3 Å². The number of thiazole rings is 1. The van der Waals surface area contributed by atoms with Gasteiger partial charge in [-0.25, -0.2) is 14.5 Å². The number of nitrogens with one attached hydrogen (secondary N) is 1.